The molecule has 0 heterocycles. The molecule has 0 bridgehead atoms. The van der Waals surface area contributed by atoms with Crippen LogP contribution in [0, 0.1) is 11.8 Å². The van der Waals surface area contributed by atoms with E-state index < -0.39 is 30.0 Å². The summed E-state index contributed by atoms with van der Waals surface area (Å²) in [6.45, 7) is 8.32. The molecule has 1 aromatic rings. The minimum absolute atomic E-state index is 0.0161. The molecule has 0 saturated heterocycles. The molecule has 0 saturated carbocycles. The van der Waals surface area contributed by atoms with Gasteiger partial charge in [0, 0.05) is 13.1 Å². The number of benzene rings is 1. The molecule has 0 spiro atoms. The zero-order valence-electron chi connectivity index (χ0n) is 21.4. The third-order valence-corrected chi connectivity index (χ3v) is 5.16. The smallest absolute Gasteiger partial charge is 0.416 e. The van der Waals surface area contributed by atoms with E-state index >= 15 is 0 Å². The molecule has 0 aliphatic carbocycles. The minimum Gasteiger partial charge on any atom is -0.444 e. The van der Waals surface area contributed by atoms with Crippen molar-refractivity contribution in [1.29, 1.82) is 0 Å². The average molecular weight is 491 g/mol. The molecule has 196 valence electrons. The van der Waals surface area contributed by atoms with Crippen molar-refractivity contribution < 1.29 is 19.1 Å². The standard InChI is InChI=1S/C25H42N6O4/c1-17(2)14-20(26)22(32)30-21(15-18(3)4)23(33)31(13-9-8-12-29-24(27)28)25(34)35-16-19-10-6-5-7-11-19/h5-7,10-11,17-18,20-21H,8-9,12-16,26H2,1-4H3,(H,30,32)(H4,27,28,29)/t20-,21+/m1/s1. The monoisotopic (exact) mass is 490 g/mol. The first-order chi connectivity index (χ1) is 16.5. The molecule has 0 aliphatic heterocycles. The van der Waals surface area contributed by atoms with E-state index in [2.05, 4.69) is 10.3 Å². The zero-order valence-corrected chi connectivity index (χ0v) is 21.4. The van der Waals surface area contributed by atoms with E-state index in [1.54, 1.807) is 0 Å². The van der Waals surface area contributed by atoms with Crippen LogP contribution in [0.1, 0.15) is 58.9 Å². The van der Waals surface area contributed by atoms with Crippen molar-refractivity contribution in [3.8, 4) is 0 Å². The molecule has 0 fully saturated rings. The lowest BCUT2D eigenvalue weighted by molar-refractivity contribution is -0.136. The van der Waals surface area contributed by atoms with Gasteiger partial charge in [0.15, 0.2) is 5.96 Å². The van der Waals surface area contributed by atoms with Crippen LogP contribution in [0.25, 0.3) is 0 Å². The number of hydrogen-bond acceptors (Lipinski definition) is 6. The third kappa shape index (κ3) is 12.2. The van der Waals surface area contributed by atoms with Gasteiger partial charge < -0.3 is 27.3 Å². The Balaban J connectivity index is 2.99. The first kappa shape index (κ1) is 29.9. The summed E-state index contributed by atoms with van der Waals surface area (Å²) in [5.74, 6) is -0.635. The fraction of sp³-hybridized carbons (Fsp3) is 0.600. The van der Waals surface area contributed by atoms with Crippen molar-refractivity contribution in [2.45, 2.75) is 72.1 Å². The third-order valence-electron chi connectivity index (χ3n) is 5.16. The number of rotatable bonds is 14. The lowest BCUT2D eigenvalue weighted by Gasteiger charge is -2.28. The van der Waals surface area contributed by atoms with Crippen LogP contribution in [-0.2, 0) is 20.9 Å². The second-order valence-corrected chi connectivity index (χ2v) is 9.47. The Kier molecular flexibility index (Phi) is 13.4. The molecular formula is C25H42N6O4. The molecule has 0 unspecified atom stereocenters. The van der Waals surface area contributed by atoms with Crippen molar-refractivity contribution in [1.82, 2.24) is 10.2 Å². The van der Waals surface area contributed by atoms with Crippen LogP contribution in [0.2, 0.25) is 0 Å². The van der Waals surface area contributed by atoms with Gasteiger partial charge in [-0.15, -0.1) is 0 Å². The average Bonchev–Trinajstić information content (AvgIpc) is 2.78. The maximum absolute atomic E-state index is 13.5. The molecule has 3 amide bonds. The molecule has 0 radical (unpaired) electrons. The Bertz CT molecular complexity index is 825. The van der Waals surface area contributed by atoms with E-state index in [9.17, 15) is 14.4 Å². The van der Waals surface area contributed by atoms with Gasteiger partial charge in [-0.3, -0.25) is 14.6 Å². The summed E-state index contributed by atoms with van der Waals surface area (Å²) in [6.07, 6.45) is 1.11. The lowest BCUT2D eigenvalue weighted by Crippen LogP contribution is -2.54. The Morgan fingerprint density at radius 1 is 1.00 bits per heavy atom. The highest BCUT2D eigenvalue weighted by molar-refractivity contribution is 5.97. The Morgan fingerprint density at radius 3 is 2.20 bits per heavy atom. The predicted molar refractivity (Wildman–Crippen MR) is 137 cm³/mol. The summed E-state index contributed by atoms with van der Waals surface area (Å²) < 4.78 is 5.43. The quantitative estimate of drug-likeness (QED) is 0.176. The summed E-state index contributed by atoms with van der Waals surface area (Å²) in [6, 6.07) is 7.55. The maximum atomic E-state index is 13.5. The SMILES string of the molecule is CC(C)C[C@@H](N)C(=O)N[C@@H](CC(C)C)C(=O)N(CCCCN=C(N)N)C(=O)OCc1ccccc1. The fourth-order valence-corrected chi connectivity index (χ4v) is 3.45. The van der Waals surface area contributed by atoms with Gasteiger partial charge in [0.25, 0.3) is 5.91 Å². The predicted octanol–water partition coefficient (Wildman–Crippen LogP) is 2.11. The van der Waals surface area contributed by atoms with Crippen LogP contribution in [-0.4, -0.2) is 53.9 Å². The molecule has 0 aromatic heterocycles. The first-order valence-electron chi connectivity index (χ1n) is 12.1. The van der Waals surface area contributed by atoms with Crippen LogP contribution >= 0.6 is 0 Å². The largest absolute Gasteiger partial charge is 0.444 e. The number of ether oxygens (including phenoxy) is 1. The number of unbranched alkanes of at least 4 members (excludes halogenated alkanes) is 1. The molecule has 35 heavy (non-hydrogen) atoms. The van der Waals surface area contributed by atoms with Gasteiger partial charge >= 0.3 is 6.09 Å². The zero-order chi connectivity index (χ0) is 26.4. The number of aliphatic imine (C=N–C) groups is 1. The molecule has 1 aromatic carbocycles. The molecule has 10 heteroatoms. The number of nitrogens with zero attached hydrogens (tertiary/aromatic N) is 2. The number of nitrogens with two attached hydrogens (primary N) is 3. The van der Waals surface area contributed by atoms with E-state index in [1.165, 1.54) is 0 Å². The first-order valence-corrected chi connectivity index (χ1v) is 12.1. The Labute approximate surface area is 208 Å². The second-order valence-electron chi connectivity index (χ2n) is 9.47. The van der Waals surface area contributed by atoms with E-state index in [0.717, 1.165) is 10.5 Å². The van der Waals surface area contributed by atoms with Gasteiger partial charge in [-0.05, 0) is 43.1 Å². The van der Waals surface area contributed by atoms with Crippen LogP contribution in [0.3, 0.4) is 0 Å². The van der Waals surface area contributed by atoms with Crippen LogP contribution in [0.5, 0.6) is 0 Å². The van der Waals surface area contributed by atoms with Crippen LogP contribution in [0.4, 0.5) is 4.79 Å². The number of amides is 3. The Morgan fingerprint density at radius 2 is 1.63 bits per heavy atom. The maximum Gasteiger partial charge on any atom is 0.416 e. The summed E-state index contributed by atoms with van der Waals surface area (Å²) in [4.78, 5) is 44.1. The van der Waals surface area contributed by atoms with Crippen LogP contribution in [0.15, 0.2) is 35.3 Å². The lowest BCUT2D eigenvalue weighted by atomic mass is 10.00. The highest BCUT2D eigenvalue weighted by atomic mass is 16.6. The summed E-state index contributed by atoms with van der Waals surface area (Å²) >= 11 is 0. The van der Waals surface area contributed by atoms with Crippen molar-refractivity contribution in [2.75, 3.05) is 13.1 Å². The summed E-state index contributed by atoms with van der Waals surface area (Å²) in [5.41, 5.74) is 17.5. The van der Waals surface area contributed by atoms with Gasteiger partial charge in [0.2, 0.25) is 5.91 Å². The van der Waals surface area contributed by atoms with E-state index in [0.29, 0.717) is 32.2 Å². The molecule has 1 rings (SSSR count). The van der Waals surface area contributed by atoms with Crippen molar-refractivity contribution >= 4 is 23.9 Å². The van der Waals surface area contributed by atoms with E-state index in [-0.39, 0.29) is 30.9 Å². The summed E-state index contributed by atoms with van der Waals surface area (Å²) in [7, 11) is 0. The summed E-state index contributed by atoms with van der Waals surface area (Å²) in [5, 5.41) is 2.76. The van der Waals surface area contributed by atoms with Crippen molar-refractivity contribution in [3.05, 3.63) is 35.9 Å². The molecular weight excluding hydrogens is 448 g/mol. The number of hydrogen-bond donors (Lipinski definition) is 4. The molecule has 2 atom stereocenters. The van der Waals surface area contributed by atoms with Gasteiger partial charge in [0.05, 0.1) is 6.04 Å². The van der Waals surface area contributed by atoms with Gasteiger partial charge in [-0.25, -0.2) is 9.69 Å². The highest BCUT2D eigenvalue weighted by Crippen LogP contribution is 2.13. The van der Waals surface area contributed by atoms with Crippen LogP contribution < -0.4 is 22.5 Å². The number of guanidine groups is 1. The number of carbonyl (C=O) groups is 3. The normalized spacial score (nSPS) is 12.7. The van der Waals surface area contributed by atoms with Gasteiger partial charge in [-0.1, -0.05) is 58.0 Å². The van der Waals surface area contributed by atoms with Gasteiger partial charge in [-0.2, -0.15) is 0 Å². The fourth-order valence-electron chi connectivity index (χ4n) is 3.45. The number of carbonyl (C=O) groups excluding carboxylic acids is 3. The van der Waals surface area contributed by atoms with Crippen molar-refractivity contribution in [3.63, 3.8) is 0 Å². The molecule has 0 aliphatic rings. The number of nitrogens with one attached hydrogen (secondary N) is 1. The highest BCUT2D eigenvalue weighted by Gasteiger charge is 2.32. The van der Waals surface area contributed by atoms with E-state index in [4.69, 9.17) is 21.9 Å². The molecule has 7 N–H and O–H groups in total. The molecule has 10 nitrogen and oxygen atoms in total. The minimum atomic E-state index is -0.900. The van der Waals surface area contributed by atoms with Crippen molar-refractivity contribution in [2.24, 2.45) is 34.0 Å². The van der Waals surface area contributed by atoms with Gasteiger partial charge in [0.1, 0.15) is 12.6 Å². The topological polar surface area (TPSA) is 166 Å². The Hall–Kier alpha value is -3.14. The van der Waals surface area contributed by atoms with E-state index in [1.807, 2.05) is 58.0 Å². The second kappa shape index (κ2) is 15.7. The number of imide groups is 1.